The molecule has 1 saturated carbocycles. The molecule has 0 saturated heterocycles. The zero-order valence-corrected chi connectivity index (χ0v) is 22.8. The van der Waals surface area contributed by atoms with Crippen molar-refractivity contribution in [2.75, 3.05) is 0 Å². The summed E-state index contributed by atoms with van der Waals surface area (Å²) in [5, 5.41) is 0. The maximum atomic E-state index is 13.4. The standard InChI is InChI=1S/C27H32F3N2O2.HI/c1-17(2)21-13-12-18(3)14-24(21)34-25(33)16-32-23-11-6-5-10-22(23)31(4)26(32)19-8-7-9-20(15-19)27(28,29)30;/h5-11,15,17-18,21,24H,12-14,16H2,1-4H3;1H/q+1;/t18-,21+,24-;/m1./s1. The predicted octanol–water partition coefficient (Wildman–Crippen LogP) is 6.77. The lowest BCUT2D eigenvalue weighted by atomic mass is 9.75. The number of ether oxygens (including phenoxy) is 1. The first-order valence-corrected chi connectivity index (χ1v) is 11.9. The molecule has 0 spiro atoms. The van der Waals surface area contributed by atoms with Crippen molar-refractivity contribution < 1.29 is 27.3 Å². The summed E-state index contributed by atoms with van der Waals surface area (Å²) in [6, 6.07) is 12.7. The summed E-state index contributed by atoms with van der Waals surface area (Å²) < 4.78 is 49.8. The van der Waals surface area contributed by atoms with Gasteiger partial charge in [-0.15, -0.1) is 24.0 Å². The van der Waals surface area contributed by atoms with E-state index in [1.807, 2.05) is 28.8 Å². The van der Waals surface area contributed by atoms with Gasteiger partial charge in [-0.3, -0.25) is 0 Å². The molecule has 0 N–H and O–H groups in total. The molecule has 35 heavy (non-hydrogen) atoms. The highest BCUT2D eigenvalue weighted by Crippen LogP contribution is 2.36. The molecule has 0 amide bonds. The Balaban J connectivity index is 0.00000342. The SMILES string of the molecule is CC(C)[C@@H]1CC[C@@H](C)C[C@H]1OC(=O)Cn1c(-c2cccc(C(F)(F)F)c2)[n+](C)c2ccccc21.I. The number of para-hydroxylation sites is 2. The molecule has 0 unspecified atom stereocenters. The number of carbonyl (C=O) groups excluding carboxylic acids is 1. The molecular formula is C27H33F3IN2O2+. The minimum absolute atomic E-state index is 0. The van der Waals surface area contributed by atoms with Crippen molar-refractivity contribution in [2.45, 2.75) is 58.9 Å². The Morgan fingerprint density at radius 2 is 1.86 bits per heavy atom. The molecule has 1 aliphatic rings. The Hall–Kier alpha value is -2.10. The van der Waals surface area contributed by atoms with E-state index in [-0.39, 0.29) is 42.6 Å². The van der Waals surface area contributed by atoms with E-state index in [1.54, 1.807) is 17.7 Å². The Bertz CT molecular complexity index is 1190. The van der Waals surface area contributed by atoms with Gasteiger partial charge in [-0.25, -0.2) is 13.9 Å². The van der Waals surface area contributed by atoms with Gasteiger partial charge in [-0.1, -0.05) is 45.4 Å². The van der Waals surface area contributed by atoms with E-state index in [9.17, 15) is 18.0 Å². The smallest absolute Gasteiger partial charge is 0.416 e. The number of halogens is 4. The first-order chi connectivity index (χ1) is 16.1. The summed E-state index contributed by atoms with van der Waals surface area (Å²) in [5.74, 6) is 1.40. The fourth-order valence-corrected chi connectivity index (χ4v) is 5.31. The number of aromatic nitrogens is 2. The maximum absolute atomic E-state index is 13.4. The van der Waals surface area contributed by atoms with Gasteiger partial charge in [0.2, 0.25) is 0 Å². The minimum Gasteiger partial charge on any atom is -0.459 e. The number of rotatable bonds is 5. The van der Waals surface area contributed by atoms with Crippen LogP contribution in [0.2, 0.25) is 0 Å². The van der Waals surface area contributed by atoms with E-state index < -0.39 is 11.7 Å². The van der Waals surface area contributed by atoms with Crippen LogP contribution in [0.4, 0.5) is 13.2 Å². The molecule has 190 valence electrons. The van der Waals surface area contributed by atoms with E-state index in [1.165, 1.54) is 6.07 Å². The van der Waals surface area contributed by atoms with Crippen molar-refractivity contribution in [3.63, 3.8) is 0 Å². The Labute approximate surface area is 221 Å². The molecule has 1 aliphatic carbocycles. The van der Waals surface area contributed by atoms with E-state index in [4.69, 9.17) is 4.74 Å². The Kier molecular flexibility index (Phi) is 8.55. The van der Waals surface area contributed by atoms with Crippen molar-refractivity contribution in [1.82, 2.24) is 4.57 Å². The number of fused-ring (bicyclic) bond motifs is 1. The van der Waals surface area contributed by atoms with Gasteiger partial charge in [0.25, 0.3) is 5.82 Å². The van der Waals surface area contributed by atoms with E-state index in [0.29, 0.717) is 29.1 Å². The molecule has 8 heteroatoms. The molecule has 2 aromatic carbocycles. The fourth-order valence-electron chi connectivity index (χ4n) is 5.31. The number of nitrogens with zero attached hydrogens (tertiary/aromatic N) is 2. The van der Waals surface area contributed by atoms with Crippen molar-refractivity contribution in [3.05, 3.63) is 54.1 Å². The van der Waals surface area contributed by atoms with E-state index >= 15 is 0 Å². The van der Waals surface area contributed by atoms with Crippen LogP contribution in [-0.4, -0.2) is 16.6 Å². The predicted molar refractivity (Wildman–Crippen MR) is 140 cm³/mol. The molecule has 3 atom stereocenters. The van der Waals surface area contributed by atoms with Crippen LogP contribution >= 0.6 is 24.0 Å². The number of hydrogen-bond donors (Lipinski definition) is 0. The summed E-state index contributed by atoms with van der Waals surface area (Å²) in [6.07, 6.45) is -1.57. The third-order valence-electron chi connectivity index (χ3n) is 7.09. The number of imidazole rings is 1. The molecule has 4 nitrogen and oxygen atoms in total. The average molecular weight is 601 g/mol. The highest BCUT2D eigenvalue weighted by atomic mass is 127. The van der Waals surface area contributed by atoms with Gasteiger partial charge in [0, 0.05) is 0 Å². The molecule has 0 aliphatic heterocycles. The molecule has 3 aromatic rings. The van der Waals surface area contributed by atoms with Crippen molar-refractivity contribution in [1.29, 1.82) is 0 Å². The first kappa shape index (κ1) is 27.5. The van der Waals surface area contributed by atoms with E-state index in [0.717, 1.165) is 42.4 Å². The van der Waals surface area contributed by atoms with Crippen molar-refractivity contribution in [3.8, 4) is 11.4 Å². The van der Waals surface area contributed by atoms with Crippen LogP contribution < -0.4 is 4.57 Å². The molecule has 0 bridgehead atoms. The topological polar surface area (TPSA) is 35.1 Å². The first-order valence-electron chi connectivity index (χ1n) is 11.9. The Morgan fingerprint density at radius 1 is 1.14 bits per heavy atom. The van der Waals surface area contributed by atoms with Gasteiger partial charge >= 0.3 is 12.1 Å². The van der Waals surface area contributed by atoms with Gasteiger partial charge in [0.1, 0.15) is 6.10 Å². The molecule has 4 rings (SSSR count). The van der Waals surface area contributed by atoms with Crippen LogP contribution in [0, 0.1) is 17.8 Å². The van der Waals surface area contributed by atoms with E-state index in [2.05, 4.69) is 20.8 Å². The second-order valence-electron chi connectivity index (χ2n) is 9.89. The zero-order chi connectivity index (χ0) is 24.6. The normalized spacial score (nSPS) is 20.6. The third kappa shape index (κ3) is 5.84. The number of hydrogen-bond acceptors (Lipinski definition) is 2. The number of carbonyl (C=O) groups is 1. The Morgan fingerprint density at radius 3 is 2.54 bits per heavy atom. The average Bonchev–Trinajstić information content (AvgIpc) is 3.04. The number of esters is 1. The summed E-state index contributed by atoms with van der Waals surface area (Å²) in [5.41, 5.74) is 1.27. The molecule has 1 heterocycles. The number of aryl methyl sites for hydroxylation is 1. The van der Waals surface area contributed by atoms with Crippen LogP contribution in [0.5, 0.6) is 0 Å². The van der Waals surface area contributed by atoms with Crippen molar-refractivity contribution in [2.24, 2.45) is 24.8 Å². The maximum Gasteiger partial charge on any atom is 0.416 e. The summed E-state index contributed by atoms with van der Waals surface area (Å²) in [6.45, 7) is 6.44. The largest absolute Gasteiger partial charge is 0.459 e. The van der Waals surface area contributed by atoms with Gasteiger partial charge < -0.3 is 4.74 Å². The quantitative estimate of drug-likeness (QED) is 0.184. The van der Waals surface area contributed by atoms with Crippen LogP contribution in [0.15, 0.2) is 48.5 Å². The summed E-state index contributed by atoms with van der Waals surface area (Å²) in [7, 11) is 1.80. The minimum atomic E-state index is -4.45. The third-order valence-corrected chi connectivity index (χ3v) is 7.09. The molecule has 0 radical (unpaired) electrons. The summed E-state index contributed by atoms with van der Waals surface area (Å²) in [4.78, 5) is 13.2. The second-order valence-corrected chi connectivity index (χ2v) is 9.89. The highest BCUT2D eigenvalue weighted by Gasteiger charge is 2.35. The monoisotopic (exact) mass is 601 g/mol. The van der Waals surface area contributed by atoms with Gasteiger partial charge in [-0.2, -0.15) is 13.2 Å². The lowest BCUT2D eigenvalue weighted by Gasteiger charge is -2.36. The van der Waals surface area contributed by atoms with Crippen LogP contribution in [0.1, 0.15) is 45.6 Å². The molecule has 1 aromatic heterocycles. The van der Waals surface area contributed by atoms with Crippen LogP contribution in [-0.2, 0) is 29.3 Å². The second kappa shape index (κ2) is 10.9. The lowest BCUT2D eigenvalue weighted by molar-refractivity contribution is -0.634. The van der Waals surface area contributed by atoms with Crippen LogP contribution in [0.3, 0.4) is 0 Å². The van der Waals surface area contributed by atoms with Crippen molar-refractivity contribution >= 4 is 41.0 Å². The van der Waals surface area contributed by atoms with Crippen LogP contribution in [0.25, 0.3) is 22.4 Å². The lowest BCUT2D eigenvalue weighted by Crippen LogP contribution is -2.37. The molecule has 1 fully saturated rings. The van der Waals surface area contributed by atoms with Gasteiger partial charge in [-0.05, 0) is 60.9 Å². The van der Waals surface area contributed by atoms with Gasteiger partial charge in [0.05, 0.1) is 18.2 Å². The highest BCUT2D eigenvalue weighted by molar-refractivity contribution is 14.0. The fraction of sp³-hybridized carbons (Fsp3) is 0.481. The number of alkyl halides is 3. The van der Waals surface area contributed by atoms with Gasteiger partial charge in [0.15, 0.2) is 17.6 Å². The summed E-state index contributed by atoms with van der Waals surface area (Å²) >= 11 is 0. The zero-order valence-electron chi connectivity index (χ0n) is 20.5. The molecular weight excluding hydrogens is 568 g/mol. The number of benzene rings is 2.